The van der Waals surface area contributed by atoms with Crippen LogP contribution in [0.25, 0.3) is 11.4 Å². The van der Waals surface area contributed by atoms with Crippen LogP contribution in [0, 0.1) is 0 Å². The Kier molecular flexibility index (Phi) is 5.09. The fourth-order valence-electron chi connectivity index (χ4n) is 3.58. The third kappa shape index (κ3) is 3.10. The number of hydrogen-bond donors (Lipinski definition) is 2. The van der Waals surface area contributed by atoms with Crippen LogP contribution in [0.2, 0.25) is 0 Å². The molecule has 4 rings (SSSR count). The fraction of sp³-hybridized carbons (Fsp3) is 0.421. The molecule has 2 aliphatic rings. The third-order valence-corrected chi connectivity index (χ3v) is 5.00. The first kappa shape index (κ1) is 19.5. The first-order chi connectivity index (χ1) is 14.0. The zero-order chi connectivity index (χ0) is 20.6. The Morgan fingerprint density at radius 3 is 2.79 bits per heavy atom. The summed E-state index contributed by atoms with van der Waals surface area (Å²) in [6, 6.07) is 6.83. The summed E-state index contributed by atoms with van der Waals surface area (Å²) in [7, 11) is 2.85. The number of methoxy groups -OCH3 is 2. The maximum Gasteiger partial charge on any atom is 0.302 e. The summed E-state index contributed by atoms with van der Waals surface area (Å²) in [4.78, 5) is 8.75. The predicted octanol–water partition coefficient (Wildman–Crippen LogP) is 1.19. The quantitative estimate of drug-likeness (QED) is 0.440. The van der Waals surface area contributed by atoms with Crippen molar-refractivity contribution in [1.82, 2.24) is 9.97 Å². The van der Waals surface area contributed by atoms with Gasteiger partial charge in [0, 0.05) is 26.5 Å². The monoisotopic (exact) mass is 403 g/mol. The van der Waals surface area contributed by atoms with Crippen LogP contribution in [0.4, 0.5) is 0 Å². The van der Waals surface area contributed by atoms with Gasteiger partial charge in [-0.25, -0.2) is 4.98 Å². The Hall–Kier alpha value is -2.79. The van der Waals surface area contributed by atoms with Gasteiger partial charge in [-0.3, -0.25) is 4.98 Å². The molecule has 2 aliphatic heterocycles. The molecule has 0 amide bonds. The summed E-state index contributed by atoms with van der Waals surface area (Å²) < 4.78 is 29.0. The highest BCUT2D eigenvalue weighted by molar-refractivity contribution is 5.81. The van der Waals surface area contributed by atoms with E-state index in [0.29, 0.717) is 17.1 Å². The SMILES string of the molecule is CO[C@@H]1[C@@H](C)O[C@@H]2Oc3cc(/C=N/O)nc(-c4ccccn4)c3O[C@]2(OC)[C@H]1O. The molecule has 154 valence electrons. The summed E-state index contributed by atoms with van der Waals surface area (Å²) in [6.45, 7) is 1.76. The second-order valence-corrected chi connectivity index (χ2v) is 6.65. The zero-order valence-corrected chi connectivity index (χ0v) is 16.1. The highest BCUT2D eigenvalue weighted by atomic mass is 16.8. The van der Waals surface area contributed by atoms with E-state index in [9.17, 15) is 5.11 Å². The molecule has 5 atom stereocenters. The van der Waals surface area contributed by atoms with Gasteiger partial charge in [-0.15, -0.1) is 0 Å². The topological polar surface area (TPSA) is 125 Å². The van der Waals surface area contributed by atoms with E-state index in [0.717, 1.165) is 6.21 Å². The average molecular weight is 403 g/mol. The van der Waals surface area contributed by atoms with Crippen molar-refractivity contribution in [3.05, 3.63) is 36.2 Å². The van der Waals surface area contributed by atoms with E-state index in [2.05, 4.69) is 15.1 Å². The highest BCUT2D eigenvalue weighted by Crippen LogP contribution is 2.48. The molecule has 0 aromatic carbocycles. The molecule has 10 heteroatoms. The van der Waals surface area contributed by atoms with Gasteiger partial charge in [0.25, 0.3) is 6.29 Å². The molecule has 0 radical (unpaired) electrons. The van der Waals surface area contributed by atoms with Crippen molar-refractivity contribution in [2.45, 2.75) is 37.3 Å². The van der Waals surface area contributed by atoms with Gasteiger partial charge in [-0.05, 0) is 19.1 Å². The molecular weight excluding hydrogens is 382 g/mol. The van der Waals surface area contributed by atoms with Gasteiger partial charge in [-0.1, -0.05) is 11.2 Å². The molecule has 2 aromatic heterocycles. The molecular formula is C19H21N3O7. The van der Waals surface area contributed by atoms with Gasteiger partial charge in [0.05, 0.1) is 23.7 Å². The Balaban J connectivity index is 1.87. The second-order valence-electron chi connectivity index (χ2n) is 6.65. The minimum absolute atomic E-state index is 0.212. The smallest absolute Gasteiger partial charge is 0.302 e. The summed E-state index contributed by atoms with van der Waals surface area (Å²) in [6.07, 6.45) is -0.707. The summed E-state index contributed by atoms with van der Waals surface area (Å²) in [5.41, 5.74) is 1.14. The van der Waals surface area contributed by atoms with E-state index in [1.807, 2.05) is 0 Å². The molecule has 2 N–H and O–H groups in total. The van der Waals surface area contributed by atoms with E-state index in [1.165, 1.54) is 20.3 Å². The van der Waals surface area contributed by atoms with E-state index in [-0.39, 0.29) is 11.5 Å². The molecule has 0 aliphatic carbocycles. The molecule has 0 spiro atoms. The molecule has 1 saturated heterocycles. The van der Waals surface area contributed by atoms with Crippen LogP contribution in [0.1, 0.15) is 12.6 Å². The largest absolute Gasteiger partial charge is 0.453 e. The Bertz CT molecular complexity index is 910. The highest BCUT2D eigenvalue weighted by Gasteiger charge is 2.62. The van der Waals surface area contributed by atoms with E-state index in [1.54, 1.807) is 31.3 Å². The summed E-state index contributed by atoms with van der Waals surface area (Å²) >= 11 is 0. The second kappa shape index (κ2) is 7.56. The van der Waals surface area contributed by atoms with Crippen molar-refractivity contribution >= 4 is 6.21 Å². The maximum absolute atomic E-state index is 11.0. The van der Waals surface area contributed by atoms with E-state index < -0.39 is 30.4 Å². The zero-order valence-electron chi connectivity index (χ0n) is 16.1. The van der Waals surface area contributed by atoms with E-state index in [4.69, 9.17) is 28.9 Å². The van der Waals surface area contributed by atoms with Crippen LogP contribution in [0.3, 0.4) is 0 Å². The minimum atomic E-state index is -1.68. The Morgan fingerprint density at radius 1 is 1.31 bits per heavy atom. The molecule has 4 heterocycles. The van der Waals surface area contributed by atoms with Crippen LogP contribution in [-0.2, 0) is 14.2 Å². The van der Waals surface area contributed by atoms with Crippen molar-refractivity contribution in [3.8, 4) is 22.9 Å². The number of aliphatic hydroxyl groups excluding tert-OH is 1. The number of pyridine rings is 2. The number of nitrogens with zero attached hydrogens (tertiary/aromatic N) is 3. The number of oxime groups is 1. The number of hydrogen-bond acceptors (Lipinski definition) is 10. The number of rotatable bonds is 4. The lowest BCUT2D eigenvalue weighted by molar-refractivity contribution is -0.391. The van der Waals surface area contributed by atoms with Gasteiger partial charge in [0.2, 0.25) is 0 Å². The molecule has 29 heavy (non-hydrogen) atoms. The van der Waals surface area contributed by atoms with Crippen molar-refractivity contribution in [2.75, 3.05) is 14.2 Å². The van der Waals surface area contributed by atoms with Gasteiger partial charge in [-0.2, -0.15) is 0 Å². The van der Waals surface area contributed by atoms with Crippen molar-refractivity contribution in [3.63, 3.8) is 0 Å². The Morgan fingerprint density at radius 2 is 2.14 bits per heavy atom. The number of aromatic nitrogens is 2. The lowest BCUT2D eigenvalue weighted by atomic mass is 9.95. The lowest BCUT2D eigenvalue weighted by Crippen LogP contribution is -2.71. The number of fused-ring (bicyclic) bond motifs is 2. The van der Waals surface area contributed by atoms with Crippen molar-refractivity contribution in [1.29, 1.82) is 0 Å². The maximum atomic E-state index is 11.0. The van der Waals surface area contributed by atoms with Gasteiger partial charge >= 0.3 is 5.79 Å². The fourth-order valence-corrected chi connectivity index (χ4v) is 3.58. The van der Waals surface area contributed by atoms with Crippen molar-refractivity contribution < 1.29 is 34.0 Å². The number of aliphatic hydroxyl groups is 1. The first-order valence-corrected chi connectivity index (χ1v) is 8.95. The van der Waals surface area contributed by atoms with Crippen LogP contribution in [-0.4, -0.2) is 71.1 Å². The molecule has 0 unspecified atom stereocenters. The third-order valence-electron chi connectivity index (χ3n) is 5.00. The van der Waals surface area contributed by atoms with Crippen molar-refractivity contribution in [2.24, 2.45) is 5.16 Å². The average Bonchev–Trinajstić information content (AvgIpc) is 2.73. The number of ether oxygens (including phenoxy) is 5. The van der Waals surface area contributed by atoms with Crippen LogP contribution in [0.5, 0.6) is 11.5 Å². The summed E-state index contributed by atoms with van der Waals surface area (Å²) in [5.74, 6) is -1.19. The Labute approximate surface area is 166 Å². The molecule has 1 fully saturated rings. The first-order valence-electron chi connectivity index (χ1n) is 8.95. The van der Waals surface area contributed by atoms with Crippen LogP contribution in [0.15, 0.2) is 35.6 Å². The van der Waals surface area contributed by atoms with E-state index >= 15 is 0 Å². The molecule has 2 aromatic rings. The van der Waals surface area contributed by atoms with Crippen LogP contribution < -0.4 is 9.47 Å². The van der Waals surface area contributed by atoms with Gasteiger partial charge in [0.1, 0.15) is 11.8 Å². The predicted molar refractivity (Wildman–Crippen MR) is 99.0 cm³/mol. The molecule has 0 saturated carbocycles. The van der Waals surface area contributed by atoms with Gasteiger partial charge in [0.15, 0.2) is 17.6 Å². The summed E-state index contributed by atoms with van der Waals surface area (Å²) in [5, 5.41) is 22.9. The lowest BCUT2D eigenvalue weighted by Gasteiger charge is -2.51. The molecule has 0 bridgehead atoms. The van der Waals surface area contributed by atoms with Gasteiger partial charge < -0.3 is 34.0 Å². The minimum Gasteiger partial charge on any atom is -0.453 e. The normalized spacial score (nSPS) is 30.9. The standard InChI is InChI=1S/C19H21N3O7/c1-10-15(25-2)17(23)19(26-3)18(27-10)28-13-8-11(9-21-24)22-14(16(13)29-19)12-6-4-5-7-20-12/h4-10,15,17-18,23-24H,1-3H3/b21-9+/t10-,15-,17+,18-,19-/m1/s1. The van der Waals surface area contributed by atoms with Crippen LogP contribution >= 0.6 is 0 Å². The molecule has 10 nitrogen and oxygen atoms in total.